The highest BCUT2D eigenvalue weighted by Crippen LogP contribution is 2.28. The summed E-state index contributed by atoms with van der Waals surface area (Å²) >= 11 is 6.09. The Bertz CT molecular complexity index is 434. The molecule has 1 aromatic rings. The number of aryl methyl sites for hydroxylation is 2. The Hall–Kier alpha value is -1.26. The van der Waals surface area contributed by atoms with E-state index in [4.69, 9.17) is 27.2 Å². The molecule has 5 heteroatoms. The van der Waals surface area contributed by atoms with Crippen LogP contribution in [0, 0.1) is 6.92 Å². The molecule has 0 aromatic heterocycles. The van der Waals surface area contributed by atoms with Crippen LogP contribution in [0.3, 0.4) is 0 Å². The highest BCUT2D eigenvalue weighted by atomic mass is 35.5. The number of rotatable bonds is 6. The minimum atomic E-state index is -0.982. The minimum absolute atomic E-state index is 0.389. The topological polar surface area (TPSA) is 72.5 Å². The Kier molecular flexibility index (Phi) is 5.44. The van der Waals surface area contributed by atoms with Crippen LogP contribution in [0.5, 0.6) is 5.75 Å². The molecule has 3 N–H and O–H groups in total. The predicted molar refractivity (Wildman–Crippen MR) is 71.3 cm³/mol. The summed E-state index contributed by atoms with van der Waals surface area (Å²) in [5.41, 5.74) is 7.50. The lowest BCUT2D eigenvalue weighted by Crippen LogP contribution is -2.30. The second kappa shape index (κ2) is 6.61. The maximum absolute atomic E-state index is 10.6. The molecule has 1 aromatic carbocycles. The number of carboxylic acid groups (broad SMARTS) is 1. The van der Waals surface area contributed by atoms with Gasteiger partial charge in [-0.15, -0.1) is 0 Å². The van der Waals surface area contributed by atoms with Crippen LogP contribution in [0.15, 0.2) is 12.1 Å². The van der Waals surface area contributed by atoms with Crippen LogP contribution in [0.25, 0.3) is 0 Å². The third kappa shape index (κ3) is 3.89. The zero-order valence-corrected chi connectivity index (χ0v) is 11.3. The molecule has 1 unspecified atom stereocenters. The van der Waals surface area contributed by atoms with Crippen LogP contribution in [0.4, 0.5) is 0 Å². The number of benzene rings is 1. The molecule has 0 radical (unpaired) electrons. The molecule has 18 heavy (non-hydrogen) atoms. The molecule has 0 aliphatic heterocycles. The lowest BCUT2D eigenvalue weighted by Gasteiger charge is -2.12. The second-order valence-corrected chi connectivity index (χ2v) is 4.53. The third-order valence-corrected chi connectivity index (χ3v) is 3.03. The highest BCUT2D eigenvalue weighted by molar-refractivity contribution is 6.32. The molecular weight excluding hydrogens is 254 g/mol. The summed E-state index contributed by atoms with van der Waals surface area (Å²) in [7, 11) is 0. The van der Waals surface area contributed by atoms with Gasteiger partial charge in [0, 0.05) is 0 Å². The zero-order chi connectivity index (χ0) is 13.7. The van der Waals surface area contributed by atoms with E-state index in [0.29, 0.717) is 30.2 Å². The van der Waals surface area contributed by atoms with Crippen LogP contribution in [0.1, 0.15) is 24.5 Å². The fourth-order valence-electron chi connectivity index (χ4n) is 1.67. The number of aliphatic carboxylic acids is 1. The Morgan fingerprint density at radius 1 is 1.56 bits per heavy atom. The van der Waals surface area contributed by atoms with Crippen LogP contribution in [-0.4, -0.2) is 23.7 Å². The molecule has 0 amide bonds. The Labute approximate surface area is 112 Å². The summed E-state index contributed by atoms with van der Waals surface area (Å²) in [6.45, 7) is 4.40. The summed E-state index contributed by atoms with van der Waals surface area (Å²) < 4.78 is 5.39. The Morgan fingerprint density at radius 2 is 2.22 bits per heavy atom. The van der Waals surface area contributed by atoms with Gasteiger partial charge in [-0.2, -0.15) is 0 Å². The van der Waals surface area contributed by atoms with Gasteiger partial charge in [0.2, 0.25) is 0 Å². The number of hydrogen-bond donors (Lipinski definition) is 2. The normalized spacial score (nSPS) is 12.2. The van der Waals surface area contributed by atoms with Crippen molar-refractivity contribution in [2.24, 2.45) is 5.73 Å². The van der Waals surface area contributed by atoms with Gasteiger partial charge in [0.05, 0.1) is 11.6 Å². The quantitative estimate of drug-likeness (QED) is 0.833. The number of nitrogens with two attached hydrogens (primary N) is 1. The summed E-state index contributed by atoms with van der Waals surface area (Å²) in [5.74, 6) is -0.326. The molecule has 0 aliphatic rings. The van der Waals surface area contributed by atoms with Gasteiger partial charge in [0.15, 0.2) is 0 Å². The highest BCUT2D eigenvalue weighted by Gasteiger charge is 2.13. The van der Waals surface area contributed by atoms with Gasteiger partial charge < -0.3 is 15.6 Å². The molecule has 1 rings (SSSR count). The minimum Gasteiger partial charge on any atom is -0.492 e. The van der Waals surface area contributed by atoms with Crippen molar-refractivity contribution in [2.45, 2.75) is 32.7 Å². The van der Waals surface area contributed by atoms with Gasteiger partial charge in [0.1, 0.15) is 11.8 Å². The molecule has 0 fully saturated rings. The largest absolute Gasteiger partial charge is 0.492 e. The van der Waals surface area contributed by atoms with E-state index in [1.54, 1.807) is 0 Å². The fourth-order valence-corrected chi connectivity index (χ4v) is 1.91. The second-order valence-electron chi connectivity index (χ2n) is 4.13. The van der Waals surface area contributed by atoms with Crippen molar-refractivity contribution in [2.75, 3.05) is 6.61 Å². The maximum Gasteiger partial charge on any atom is 0.320 e. The summed E-state index contributed by atoms with van der Waals surface area (Å²) in [6.07, 6.45) is 0.978. The molecule has 0 aliphatic carbocycles. The van der Waals surface area contributed by atoms with Crippen molar-refractivity contribution in [1.29, 1.82) is 0 Å². The first-order valence-corrected chi connectivity index (χ1v) is 6.23. The van der Waals surface area contributed by atoms with Crippen LogP contribution < -0.4 is 10.5 Å². The summed E-state index contributed by atoms with van der Waals surface area (Å²) in [4.78, 5) is 10.6. The molecule has 0 bridgehead atoms. The summed E-state index contributed by atoms with van der Waals surface area (Å²) in [6, 6.07) is 2.85. The van der Waals surface area contributed by atoms with E-state index < -0.39 is 12.0 Å². The van der Waals surface area contributed by atoms with E-state index in [1.165, 1.54) is 0 Å². The van der Waals surface area contributed by atoms with E-state index in [0.717, 1.165) is 11.1 Å². The molecule has 1 atom stereocenters. The van der Waals surface area contributed by atoms with Gasteiger partial charge in [-0.05, 0) is 49.9 Å². The van der Waals surface area contributed by atoms with Crippen molar-refractivity contribution in [3.05, 3.63) is 28.3 Å². The van der Waals surface area contributed by atoms with Gasteiger partial charge in [-0.1, -0.05) is 11.6 Å². The van der Waals surface area contributed by atoms with E-state index in [-0.39, 0.29) is 0 Å². The number of ether oxygens (including phenoxy) is 1. The standard InChI is InChI=1S/C13H18ClNO3/c1-3-18-12-6-8(2)9(7-10(12)14)4-5-11(15)13(16)17/h6-7,11H,3-5,15H2,1-2H3,(H,16,17). The molecule has 0 saturated heterocycles. The van der Waals surface area contributed by atoms with E-state index in [9.17, 15) is 4.79 Å². The molecular formula is C13H18ClNO3. The Balaban J connectivity index is 2.78. The van der Waals surface area contributed by atoms with Gasteiger partial charge >= 0.3 is 5.97 Å². The zero-order valence-electron chi connectivity index (χ0n) is 10.6. The summed E-state index contributed by atoms with van der Waals surface area (Å²) in [5, 5.41) is 9.27. The van der Waals surface area contributed by atoms with Crippen LogP contribution in [0.2, 0.25) is 5.02 Å². The SMILES string of the molecule is CCOc1cc(C)c(CCC(N)C(=O)O)cc1Cl. The van der Waals surface area contributed by atoms with Crippen LogP contribution >= 0.6 is 11.6 Å². The number of carboxylic acids is 1. The lowest BCUT2D eigenvalue weighted by atomic mass is 10.0. The third-order valence-electron chi connectivity index (χ3n) is 2.73. The molecule has 4 nitrogen and oxygen atoms in total. The van der Waals surface area contributed by atoms with Gasteiger partial charge in [-0.3, -0.25) is 4.79 Å². The average Bonchev–Trinajstić information content (AvgIpc) is 2.31. The first-order chi connectivity index (χ1) is 8.45. The van der Waals surface area contributed by atoms with E-state index in [2.05, 4.69) is 0 Å². The lowest BCUT2D eigenvalue weighted by molar-refractivity contribution is -0.138. The van der Waals surface area contributed by atoms with Crippen LogP contribution in [-0.2, 0) is 11.2 Å². The number of hydrogen-bond acceptors (Lipinski definition) is 3. The Morgan fingerprint density at radius 3 is 2.78 bits per heavy atom. The first kappa shape index (κ1) is 14.8. The monoisotopic (exact) mass is 271 g/mol. The van der Waals surface area contributed by atoms with Crippen molar-refractivity contribution >= 4 is 17.6 Å². The molecule has 0 heterocycles. The van der Waals surface area contributed by atoms with Crippen molar-refractivity contribution in [1.82, 2.24) is 0 Å². The number of carbonyl (C=O) groups is 1. The van der Waals surface area contributed by atoms with E-state index >= 15 is 0 Å². The van der Waals surface area contributed by atoms with Gasteiger partial charge in [0.25, 0.3) is 0 Å². The fraction of sp³-hybridized carbons (Fsp3) is 0.462. The predicted octanol–water partition coefficient (Wildman–Crippen LogP) is 2.39. The van der Waals surface area contributed by atoms with Crippen molar-refractivity contribution < 1.29 is 14.6 Å². The number of halogens is 1. The molecule has 0 spiro atoms. The molecule has 100 valence electrons. The average molecular weight is 272 g/mol. The van der Waals surface area contributed by atoms with E-state index in [1.807, 2.05) is 26.0 Å². The van der Waals surface area contributed by atoms with Crippen molar-refractivity contribution in [3.63, 3.8) is 0 Å². The van der Waals surface area contributed by atoms with Gasteiger partial charge in [-0.25, -0.2) is 0 Å². The first-order valence-electron chi connectivity index (χ1n) is 5.86. The van der Waals surface area contributed by atoms with Crippen molar-refractivity contribution in [3.8, 4) is 5.75 Å². The molecule has 0 saturated carbocycles. The smallest absolute Gasteiger partial charge is 0.320 e. The maximum atomic E-state index is 10.6.